The molecule has 0 amide bonds. The molecule has 0 aliphatic heterocycles. The predicted molar refractivity (Wildman–Crippen MR) is 88.6 cm³/mol. The highest BCUT2D eigenvalue weighted by molar-refractivity contribution is 5.50. The summed E-state index contributed by atoms with van der Waals surface area (Å²) in [5.41, 5.74) is 1.74. The van der Waals surface area contributed by atoms with Crippen molar-refractivity contribution in [3.63, 3.8) is 0 Å². The molecule has 0 aliphatic carbocycles. The lowest BCUT2D eigenvalue weighted by molar-refractivity contribution is 0.275. The first-order valence-electron chi connectivity index (χ1n) is 8.17. The van der Waals surface area contributed by atoms with Gasteiger partial charge in [0, 0.05) is 18.5 Å². The Morgan fingerprint density at radius 1 is 1.14 bits per heavy atom. The summed E-state index contributed by atoms with van der Waals surface area (Å²) in [5, 5.41) is 9.72. The van der Waals surface area contributed by atoms with Gasteiger partial charge < -0.3 is 10.0 Å². The quantitative estimate of drug-likeness (QED) is 0.793. The van der Waals surface area contributed by atoms with Crippen LogP contribution in [0.15, 0.2) is 6.20 Å². The Morgan fingerprint density at radius 3 is 2.19 bits per heavy atom. The molecule has 1 N–H and O–H groups in total. The van der Waals surface area contributed by atoms with Crippen LogP contribution in [0.4, 0.5) is 5.69 Å². The summed E-state index contributed by atoms with van der Waals surface area (Å²) < 4.78 is 0. The molecule has 0 unspecified atom stereocenters. The molecule has 1 heterocycles. The maximum absolute atomic E-state index is 9.72. The summed E-state index contributed by atoms with van der Waals surface area (Å²) in [7, 11) is 0. The molecule has 0 aliphatic rings. The summed E-state index contributed by atoms with van der Waals surface area (Å²) in [5.74, 6) is 1.63. The van der Waals surface area contributed by atoms with E-state index in [-0.39, 0.29) is 12.5 Å². The molecule has 120 valence electrons. The molecule has 4 nitrogen and oxygen atoms in total. The van der Waals surface area contributed by atoms with Crippen molar-refractivity contribution >= 4 is 5.69 Å². The minimum absolute atomic E-state index is 0.0354. The molecule has 1 aromatic rings. The second kappa shape index (κ2) is 8.32. The predicted octanol–water partition coefficient (Wildman–Crippen LogP) is 3.74. The molecule has 21 heavy (non-hydrogen) atoms. The number of aliphatic hydroxyl groups is 1. The molecule has 0 aromatic carbocycles. The van der Waals surface area contributed by atoms with Crippen molar-refractivity contribution in [2.75, 3.05) is 11.4 Å². The van der Waals surface area contributed by atoms with Crippen molar-refractivity contribution in [3.8, 4) is 0 Å². The number of hydrogen-bond acceptors (Lipinski definition) is 4. The molecule has 0 saturated heterocycles. The third-order valence-electron chi connectivity index (χ3n) is 3.78. The average molecular weight is 293 g/mol. The Labute approximate surface area is 129 Å². The topological polar surface area (TPSA) is 49.2 Å². The minimum atomic E-state index is -0.0354. The Bertz CT molecular complexity index is 428. The van der Waals surface area contributed by atoms with Gasteiger partial charge >= 0.3 is 0 Å². The van der Waals surface area contributed by atoms with E-state index < -0.39 is 0 Å². The summed E-state index contributed by atoms with van der Waals surface area (Å²) in [6, 6.07) is 0.464. The number of aliphatic hydroxyl groups excluding tert-OH is 1. The molecule has 0 radical (unpaired) electrons. The third kappa shape index (κ3) is 4.67. The van der Waals surface area contributed by atoms with Crippen LogP contribution in [0.25, 0.3) is 0 Å². The van der Waals surface area contributed by atoms with E-state index in [1.54, 1.807) is 0 Å². The van der Waals surface area contributed by atoms with Gasteiger partial charge in [-0.2, -0.15) is 0 Å². The fraction of sp³-hybridized carbons (Fsp3) is 0.765. The van der Waals surface area contributed by atoms with Gasteiger partial charge in [-0.05, 0) is 18.8 Å². The summed E-state index contributed by atoms with van der Waals surface area (Å²) >= 11 is 0. The Balaban J connectivity index is 3.22. The van der Waals surface area contributed by atoms with Gasteiger partial charge in [0.2, 0.25) is 0 Å². The molecular formula is C17H31N3O. The van der Waals surface area contributed by atoms with Crippen LogP contribution >= 0.6 is 0 Å². The van der Waals surface area contributed by atoms with E-state index in [4.69, 9.17) is 0 Å². The van der Waals surface area contributed by atoms with Gasteiger partial charge in [-0.25, -0.2) is 9.97 Å². The molecule has 1 aromatic heterocycles. The standard InChI is InChI=1S/C17H31N3O/c1-7-14(8-2)20(10-12(3)4)16-9-18-17(13(5)6)19-15(16)11-21/h9,12-14,21H,7-8,10-11H2,1-6H3. The lowest BCUT2D eigenvalue weighted by atomic mass is 10.1. The first-order valence-corrected chi connectivity index (χ1v) is 8.17. The number of nitrogens with zero attached hydrogens (tertiary/aromatic N) is 3. The Hall–Kier alpha value is -1.16. The second-order valence-corrected chi connectivity index (χ2v) is 6.39. The van der Waals surface area contributed by atoms with Crippen LogP contribution in [0.2, 0.25) is 0 Å². The molecule has 0 atom stereocenters. The van der Waals surface area contributed by atoms with E-state index in [0.717, 1.165) is 36.6 Å². The highest BCUT2D eigenvalue weighted by Crippen LogP contribution is 2.25. The maximum atomic E-state index is 9.72. The van der Waals surface area contributed by atoms with Gasteiger partial charge in [0.25, 0.3) is 0 Å². The zero-order valence-electron chi connectivity index (χ0n) is 14.4. The minimum Gasteiger partial charge on any atom is -0.390 e. The van der Waals surface area contributed by atoms with Crippen LogP contribution < -0.4 is 4.90 Å². The SMILES string of the molecule is CCC(CC)N(CC(C)C)c1cnc(C(C)C)nc1CO. The summed E-state index contributed by atoms with van der Waals surface area (Å²) in [6.45, 7) is 13.9. The normalized spacial score (nSPS) is 11.7. The van der Waals surface area contributed by atoms with E-state index in [9.17, 15) is 5.11 Å². The smallest absolute Gasteiger partial charge is 0.131 e. The molecule has 4 heteroatoms. The third-order valence-corrected chi connectivity index (χ3v) is 3.78. The van der Waals surface area contributed by atoms with Gasteiger partial charge in [-0.1, -0.05) is 41.5 Å². The lowest BCUT2D eigenvalue weighted by Crippen LogP contribution is -2.38. The van der Waals surface area contributed by atoms with Crippen LogP contribution in [0.1, 0.15) is 71.8 Å². The van der Waals surface area contributed by atoms with Gasteiger partial charge in [0.1, 0.15) is 5.82 Å². The van der Waals surface area contributed by atoms with Crippen LogP contribution in [0.3, 0.4) is 0 Å². The fourth-order valence-electron chi connectivity index (χ4n) is 2.63. The summed E-state index contributed by atoms with van der Waals surface area (Å²) in [4.78, 5) is 11.4. The molecule has 1 rings (SSSR count). The van der Waals surface area contributed by atoms with Crippen molar-refractivity contribution in [2.45, 2.75) is 73.0 Å². The van der Waals surface area contributed by atoms with Crippen LogP contribution in [0, 0.1) is 5.92 Å². The fourth-order valence-corrected chi connectivity index (χ4v) is 2.63. The van der Waals surface area contributed by atoms with Crippen molar-refractivity contribution in [2.24, 2.45) is 5.92 Å². The van der Waals surface area contributed by atoms with E-state index in [1.165, 1.54) is 0 Å². The lowest BCUT2D eigenvalue weighted by Gasteiger charge is -2.35. The Morgan fingerprint density at radius 2 is 1.76 bits per heavy atom. The number of rotatable bonds is 8. The average Bonchev–Trinajstić information content (AvgIpc) is 2.46. The van der Waals surface area contributed by atoms with Crippen LogP contribution in [-0.2, 0) is 6.61 Å². The molecule has 0 bridgehead atoms. The van der Waals surface area contributed by atoms with Gasteiger partial charge in [0.15, 0.2) is 0 Å². The number of anilines is 1. The van der Waals surface area contributed by atoms with Gasteiger partial charge in [0.05, 0.1) is 24.2 Å². The summed E-state index contributed by atoms with van der Waals surface area (Å²) in [6.07, 6.45) is 4.06. The number of aromatic nitrogens is 2. The van der Waals surface area contributed by atoms with E-state index >= 15 is 0 Å². The highest BCUT2D eigenvalue weighted by atomic mass is 16.3. The van der Waals surface area contributed by atoms with Crippen molar-refractivity contribution in [1.29, 1.82) is 0 Å². The first-order chi connectivity index (χ1) is 9.94. The largest absolute Gasteiger partial charge is 0.390 e. The van der Waals surface area contributed by atoms with Gasteiger partial charge in [-0.15, -0.1) is 0 Å². The van der Waals surface area contributed by atoms with E-state index in [1.807, 2.05) is 6.20 Å². The van der Waals surface area contributed by atoms with Crippen LogP contribution in [-0.4, -0.2) is 27.7 Å². The van der Waals surface area contributed by atoms with Crippen molar-refractivity contribution in [1.82, 2.24) is 9.97 Å². The van der Waals surface area contributed by atoms with E-state index in [0.29, 0.717) is 12.0 Å². The van der Waals surface area contributed by atoms with Crippen LogP contribution in [0.5, 0.6) is 0 Å². The van der Waals surface area contributed by atoms with Gasteiger partial charge in [-0.3, -0.25) is 0 Å². The second-order valence-electron chi connectivity index (χ2n) is 6.39. The van der Waals surface area contributed by atoms with E-state index in [2.05, 4.69) is 56.4 Å². The molecule has 0 fully saturated rings. The number of hydrogen-bond donors (Lipinski definition) is 1. The zero-order valence-corrected chi connectivity index (χ0v) is 14.4. The highest BCUT2D eigenvalue weighted by Gasteiger charge is 2.21. The Kier molecular flexibility index (Phi) is 7.09. The van der Waals surface area contributed by atoms with Crippen molar-refractivity contribution in [3.05, 3.63) is 17.7 Å². The maximum Gasteiger partial charge on any atom is 0.131 e. The molecule has 0 saturated carbocycles. The zero-order chi connectivity index (χ0) is 16.0. The molecular weight excluding hydrogens is 262 g/mol. The monoisotopic (exact) mass is 293 g/mol. The first kappa shape index (κ1) is 17.9. The molecule has 0 spiro atoms. The van der Waals surface area contributed by atoms with Crippen molar-refractivity contribution < 1.29 is 5.11 Å².